The zero-order valence-electron chi connectivity index (χ0n) is 15.9. The predicted octanol–water partition coefficient (Wildman–Crippen LogP) is 3.42. The van der Waals surface area contributed by atoms with Gasteiger partial charge in [0.2, 0.25) is 0 Å². The van der Waals surface area contributed by atoms with E-state index >= 15 is 0 Å². The molecule has 1 aromatic heterocycles. The fraction of sp³-hybridized carbons (Fsp3) is 0.524. The molecule has 2 unspecified atom stereocenters. The minimum absolute atomic E-state index is 0. The van der Waals surface area contributed by atoms with Crippen LogP contribution in [0.2, 0.25) is 0 Å². The zero-order chi connectivity index (χ0) is 18.0. The summed E-state index contributed by atoms with van der Waals surface area (Å²) in [4.78, 5) is 15.0. The Bertz CT molecular complexity index is 757. The van der Waals surface area contributed by atoms with Crippen LogP contribution in [-0.4, -0.2) is 46.8 Å². The first kappa shape index (κ1) is 19.9. The number of hydrogen-bond acceptors (Lipinski definition) is 3. The molecule has 2 atom stereocenters. The molecule has 0 spiro atoms. The lowest BCUT2D eigenvalue weighted by Gasteiger charge is -2.40. The van der Waals surface area contributed by atoms with Gasteiger partial charge in [0.05, 0.1) is 6.04 Å². The summed E-state index contributed by atoms with van der Waals surface area (Å²) in [6.45, 7) is 5.86. The van der Waals surface area contributed by atoms with Crippen molar-refractivity contribution in [2.75, 3.05) is 26.2 Å². The molecule has 2 saturated heterocycles. The van der Waals surface area contributed by atoms with Gasteiger partial charge < -0.3 is 10.2 Å². The maximum atomic E-state index is 13.0. The first-order valence-electron chi connectivity index (χ1n) is 9.76. The van der Waals surface area contributed by atoms with Gasteiger partial charge in [0, 0.05) is 31.2 Å². The number of halogens is 1. The normalized spacial score (nSPS) is 25.7. The van der Waals surface area contributed by atoms with E-state index in [1.165, 1.54) is 5.56 Å². The summed E-state index contributed by atoms with van der Waals surface area (Å²) < 4.78 is 1.97. The first-order chi connectivity index (χ1) is 12.7. The van der Waals surface area contributed by atoms with E-state index < -0.39 is 0 Å². The molecule has 1 aromatic carbocycles. The molecule has 2 aliphatic rings. The predicted molar refractivity (Wildman–Crippen MR) is 110 cm³/mol. The van der Waals surface area contributed by atoms with Crippen LogP contribution in [0.1, 0.15) is 54.7 Å². The van der Waals surface area contributed by atoms with Crippen molar-refractivity contribution in [3.8, 4) is 0 Å². The number of benzene rings is 1. The molecule has 6 heteroatoms. The Labute approximate surface area is 167 Å². The Balaban J connectivity index is 0.00000210. The Hall–Kier alpha value is -1.85. The largest absolute Gasteiger partial charge is 0.336 e. The highest BCUT2D eigenvalue weighted by atomic mass is 35.5. The van der Waals surface area contributed by atoms with Crippen LogP contribution < -0.4 is 5.32 Å². The SMILES string of the molecule is CC1(c2ccccc2)CCCN(C(=O)c2ccn(C3CCCNC3)n2)C1.Cl. The molecule has 0 aliphatic carbocycles. The van der Waals surface area contributed by atoms with E-state index in [1.54, 1.807) is 0 Å². The Morgan fingerprint density at radius 1 is 1.22 bits per heavy atom. The smallest absolute Gasteiger partial charge is 0.274 e. The lowest BCUT2D eigenvalue weighted by molar-refractivity contribution is 0.0643. The molecule has 2 aromatic rings. The van der Waals surface area contributed by atoms with Crippen LogP contribution in [-0.2, 0) is 5.41 Å². The average Bonchev–Trinajstić information content (AvgIpc) is 3.19. The molecule has 0 saturated carbocycles. The summed E-state index contributed by atoms with van der Waals surface area (Å²) in [6.07, 6.45) is 6.39. The van der Waals surface area contributed by atoms with E-state index in [1.807, 2.05) is 27.9 Å². The van der Waals surface area contributed by atoms with Gasteiger partial charge in [-0.15, -0.1) is 12.4 Å². The van der Waals surface area contributed by atoms with Crippen LogP contribution in [0.25, 0.3) is 0 Å². The van der Waals surface area contributed by atoms with Crippen LogP contribution in [0.15, 0.2) is 42.6 Å². The highest BCUT2D eigenvalue weighted by Gasteiger charge is 2.35. The van der Waals surface area contributed by atoms with E-state index in [0.29, 0.717) is 11.7 Å². The number of rotatable bonds is 3. The van der Waals surface area contributed by atoms with Crippen molar-refractivity contribution in [2.45, 2.75) is 44.1 Å². The van der Waals surface area contributed by atoms with Gasteiger partial charge in [0.1, 0.15) is 5.69 Å². The fourth-order valence-corrected chi connectivity index (χ4v) is 4.37. The third-order valence-corrected chi connectivity index (χ3v) is 5.93. The number of likely N-dealkylation sites (tertiary alicyclic amines) is 1. The van der Waals surface area contributed by atoms with Gasteiger partial charge in [-0.05, 0) is 43.9 Å². The summed E-state index contributed by atoms with van der Waals surface area (Å²) in [6, 6.07) is 12.8. The zero-order valence-corrected chi connectivity index (χ0v) is 16.8. The van der Waals surface area contributed by atoms with Crippen molar-refractivity contribution in [1.29, 1.82) is 0 Å². The van der Waals surface area contributed by atoms with Gasteiger partial charge in [0.15, 0.2) is 0 Å². The van der Waals surface area contributed by atoms with E-state index in [9.17, 15) is 4.79 Å². The van der Waals surface area contributed by atoms with Gasteiger partial charge in [-0.2, -0.15) is 5.10 Å². The Kier molecular flexibility index (Phi) is 6.22. The molecule has 2 aliphatic heterocycles. The first-order valence-corrected chi connectivity index (χ1v) is 9.76. The number of carbonyl (C=O) groups is 1. The molecule has 146 valence electrons. The van der Waals surface area contributed by atoms with Crippen LogP contribution in [0.5, 0.6) is 0 Å². The van der Waals surface area contributed by atoms with E-state index in [2.05, 4.69) is 41.6 Å². The summed E-state index contributed by atoms with van der Waals surface area (Å²) in [5, 5.41) is 8.02. The number of piperidine rings is 2. The van der Waals surface area contributed by atoms with E-state index in [4.69, 9.17) is 0 Å². The summed E-state index contributed by atoms with van der Waals surface area (Å²) in [7, 11) is 0. The second-order valence-corrected chi connectivity index (χ2v) is 7.94. The van der Waals surface area contributed by atoms with Crippen molar-refractivity contribution in [2.24, 2.45) is 0 Å². The maximum Gasteiger partial charge on any atom is 0.274 e. The number of nitrogens with one attached hydrogen (secondary N) is 1. The maximum absolute atomic E-state index is 13.0. The quantitative estimate of drug-likeness (QED) is 0.876. The van der Waals surface area contributed by atoms with Gasteiger partial charge in [-0.25, -0.2) is 0 Å². The van der Waals surface area contributed by atoms with Crippen molar-refractivity contribution in [3.05, 3.63) is 53.9 Å². The van der Waals surface area contributed by atoms with Gasteiger partial charge >= 0.3 is 0 Å². The van der Waals surface area contributed by atoms with Crippen molar-refractivity contribution in [1.82, 2.24) is 20.0 Å². The molecule has 0 radical (unpaired) electrons. The second-order valence-electron chi connectivity index (χ2n) is 7.94. The molecule has 5 nitrogen and oxygen atoms in total. The minimum Gasteiger partial charge on any atom is -0.336 e. The topological polar surface area (TPSA) is 50.2 Å². The molecule has 27 heavy (non-hydrogen) atoms. The molecule has 4 rings (SSSR count). The van der Waals surface area contributed by atoms with E-state index in [0.717, 1.165) is 51.9 Å². The number of nitrogens with zero attached hydrogens (tertiary/aromatic N) is 3. The molecular weight excluding hydrogens is 360 g/mol. The number of amides is 1. The molecular formula is C21H29ClN4O. The standard InChI is InChI=1S/C21H28N4O.ClH/c1-21(17-7-3-2-4-8-17)11-6-13-24(16-21)20(26)19-10-14-25(23-19)18-9-5-12-22-15-18;/h2-4,7-8,10,14,18,22H,5-6,9,11-13,15-16H2,1H3;1H. The molecule has 1 N–H and O–H groups in total. The summed E-state index contributed by atoms with van der Waals surface area (Å²) >= 11 is 0. The minimum atomic E-state index is 0. The fourth-order valence-electron chi connectivity index (χ4n) is 4.37. The van der Waals surface area contributed by atoms with Crippen molar-refractivity contribution in [3.63, 3.8) is 0 Å². The Morgan fingerprint density at radius 3 is 2.78 bits per heavy atom. The lowest BCUT2D eigenvalue weighted by atomic mass is 9.76. The lowest BCUT2D eigenvalue weighted by Crippen LogP contribution is -2.47. The van der Waals surface area contributed by atoms with Crippen molar-refractivity contribution < 1.29 is 4.79 Å². The monoisotopic (exact) mass is 388 g/mol. The number of hydrogen-bond donors (Lipinski definition) is 1. The van der Waals surface area contributed by atoms with Gasteiger partial charge in [-0.1, -0.05) is 37.3 Å². The Morgan fingerprint density at radius 2 is 2.04 bits per heavy atom. The summed E-state index contributed by atoms with van der Waals surface area (Å²) in [5.74, 6) is 0.0642. The number of carbonyl (C=O) groups excluding carboxylic acids is 1. The van der Waals surface area contributed by atoms with Crippen LogP contribution in [0, 0.1) is 0 Å². The van der Waals surface area contributed by atoms with Crippen LogP contribution >= 0.6 is 12.4 Å². The molecule has 1 amide bonds. The van der Waals surface area contributed by atoms with E-state index in [-0.39, 0.29) is 23.7 Å². The average molecular weight is 389 g/mol. The van der Waals surface area contributed by atoms with Crippen LogP contribution in [0.3, 0.4) is 0 Å². The molecule has 0 bridgehead atoms. The molecule has 2 fully saturated rings. The van der Waals surface area contributed by atoms with Gasteiger partial charge in [0.25, 0.3) is 5.91 Å². The second kappa shape index (κ2) is 8.44. The van der Waals surface area contributed by atoms with Gasteiger partial charge in [-0.3, -0.25) is 9.48 Å². The third-order valence-electron chi connectivity index (χ3n) is 5.93. The highest BCUT2D eigenvalue weighted by molar-refractivity contribution is 5.92. The summed E-state index contributed by atoms with van der Waals surface area (Å²) in [5.41, 5.74) is 1.91. The van der Waals surface area contributed by atoms with Crippen LogP contribution in [0.4, 0.5) is 0 Å². The third kappa shape index (κ3) is 4.19. The molecule has 3 heterocycles. The highest BCUT2D eigenvalue weighted by Crippen LogP contribution is 2.34. The number of aromatic nitrogens is 2. The van der Waals surface area contributed by atoms with Crippen molar-refractivity contribution >= 4 is 18.3 Å².